The zero-order chi connectivity index (χ0) is 11.1. The van der Waals surface area contributed by atoms with Gasteiger partial charge < -0.3 is 0 Å². The normalized spacial score (nSPS) is 22.0. The fraction of sp³-hybridized carbons (Fsp3) is 0.467. The van der Waals surface area contributed by atoms with Gasteiger partial charge in [0.15, 0.2) is 0 Å². The lowest BCUT2D eigenvalue weighted by Crippen LogP contribution is -2.07. The molecular formula is C15H17Br. The van der Waals surface area contributed by atoms with E-state index in [2.05, 4.69) is 41.1 Å². The van der Waals surface area contributed by atoms with Crippen LogP contribution < -0.4 is 0 Å². The molecule has 0 saturated heterocycles. The number of benzene rings is 1. The van der Waals surface area contributed by atoms with E-state index in [0.29, 0.717) is 5.92 Å². The summed E-state index contributed by atoms with van der Waals surface area (Å²) in [6, 6.07) is 2.38. The Balaban J connectivity index is 2.20. The molecule has 0 aliphatic heterocycles. The van der Waals surface area contributed by atoms with Crippen molar-refractivity contribution in [1.82, 2.24) is 0 Å². The lowest BCUT2D eigenvalue weighted by atomic mass is 9.85. The molecule has 1 aromatic carbocycles. The van der Waals surface area contributed by atoms with Crippen LogP contribution in [-0.4, -0.2) is 0 Å². The van der Waals surface area contributed by atoms with Gasteiger partial charge in [0, 0.05) is 10.4 Å². The Morgan fingerprint density at radius 2 is 2.12 bits per heavy atom. The smallest absolute Gasteiger partial charge is 0.0222 e. The molecule has 0 amide bonds. The molecule has 0 heterocycles. The van der Waals surface area contributed by atoms with Gasteiger partial charge in [-0.3, -0.25) is 0 Å². The summed E-state index contributed by atoms with van der Waals surface area (Å²) in [6.07, 6.45) is 11.2. The molecule has 1 unspecified atom stereocenters. The molecule has 0 nitrogen and oxygen atoms in total. The van der Waals surface area contributed by atoms with Gasteiger partial charge in [-0.2, -0.15) is 0 Å². The molecule has 0 N–H and O–H groups in total. The summed E-state index contributed by atoms with van der Waals surface area (Å²) in [5.74, 6) is 0.636. The molecule has 3 rings (SSSR count). The van der Waals surface area contributed by atoms with Crippen molar-refractivity contribution >= 4 is 22.0 Å². The van der Waals surface area contributed by atoms with Gasteiger partial charge >= 0.3 is 0 Å². The van der Waals surface area contributed by atoms with Crippen molar-refractivity contribution in [2.45, 2.75) is 44.9 Å². The van der Waals surface area contributed by atoms with Crippen LogP contribution in [0.3, 0.4) is 0 Å². The number of rotatable bonds is 1. The molecule has 0 bridgehead atoms. The molecule has 84 valence electrons. The van der Waals surface area contributed by atoms with Crippen LogP contribution in [0.2, 0.25) is 0 Å². The lowest BCUT2D eigenvalue weighted by molar-refractivity contribution is 0.681. The van der Waals surface area contributed by atoms with Gasteiger partial charge in [-0.25, -0.2) is 0 Å². The van der Waals surface area contributed by atoms with Crippen LogP contribution in [0.25, 0.3) is 6.08 Å². The van der Waals surface area contributed by atoms with Crippen LogP contribution in [-0.2, 0) is 12.8 Å². The highest BCUT2D eigenvalue weighted by atomic mass is 79.9. The number of hydrogen-bond acceptors (Lipinski definition) is 0. The van der Waals surface area contributed by atoms with Gasteiger partial charge in [-0.1, -0.05) is 35.0 Å². The van der Waals surface area contributed by atoms with Crippen molar-refractivity contribution in [3.05, 3.63) is 38.9 Å². The maximum atomic E-state index is 3.77. The average molecular weight is 277 g/mol. The summed E-state index contributed by atoms with van der Waals surface area (Å²) in [4.78, 5) is 0. The zero-order valence-corrected chi connectivity index (χ0v) is 11.3. The highest BCUT2D eigenvalue weighted by molar-refractivity contribution is 9.10. The van der Waals surface area contributed by atoms with Gasteiger partial charge in [-0.15, -0.1) is 0 Å². The number of allylic oxidation sites excluding steroid dienone is 1. The molecule has 1 heteroatoms. The van der Waals surface area contributed by atoms with Crippen LogP contribution in [0.15, 0.2) is 16.6 Å². The largest absolute Gasteiger partial charge is 0.0763 e. The molecule has 1 aromatic rings. The van der Waals surface area contributed by atoms with E-state index < -0.39 is 0 Å². The van der Waals surface area contributed by atoms with Crippen LogP contribution >= 0.6 is 15.9 Å². The Hall–Kier alpha value is -0.560. The lowest BCUT2D eigenvalue weighted by Gasteiger charge is -2.21. The van der Waals surface area contributed by atoms with Gasteiger partial charge in [0.25, 0.3) is 0 Å². The molecular weight excluding hydrogens is 260 g/mol. The average Bonchev–Trinajstić information content (AvgIpc) is 2.74. The van der Waals surface area contributed by atoms with E-state index in [1.807, 2.05) is 0 Å². The van der Waals surface area contributed by atoms with Crippen molar-refractivity contribution in [2.75, 3.05) is 0 Å². The minimum atomic E-state index is 0.636. The Morgan fingerprint density at radius 3 is 2.94 bits per heavy atom. The van der Waals surface area contributed by atoms with Crippen LogP contribution in [0, 0.1) is 0 Å². The third-order valence-electron chi connectivity index (χ3n) is 3.99. The molecule has 0 fully saturated rings. The number of aryl methyl sites for hydroxylation is 1. The van der Waals surface area contributed by atoms with E-state index in [-0.39, 0.29) is 0 Å². The maximum absolute atomic E-state index is 3.77. The fourth-order valence-electron chi connectivity index (χ4n) is 3.13. The summed E-state index contributed by atoms with van der Waals surface area (Å²) in [7, 11) is 0. The zero-order valence-electron chi connectivity index (χ0n) is 9.72. The predicted molar refractivity (Wildman–Crippen MR) is 72.9 cm³/mol. The summed E-state index contributed by atoms with van der Waals surface area (Å²) in [6.45, 7) is 2.27. The molecule has 0 spiro atoms. The molecule has 16 heavy (non-hydrogen) atoms. The van der Waals surface area contributed by atoms with E-state index in [4.69, 9.17) is 0 Å². The van der Waals surface area contributed by atoms with Crippen molar-refractivity contribution < 1.29 is 0 Å². The monoisotopic (exact) mass is 276 g/mol. The summed E-state index contributed by atoms with van der Waals surface area (Å²) >= 11 is 3.77. The minimum absolute atomic E-state index is 0.636. The van der Waals surface area contributed by atoms with E-state index in [9.17, 15) is 0 Å². The molecule has 2 aliphatic carbocycles. The predicted octanol–water partition coefficient (Wildman–Crippen LogP) is 4.85. The van der Waals surface area contributed by atoms with Crippen molar-refractivity contribution in [1.29, 1.82) is 0 Å². The first-order chi connectivity index (χ1) is 7.81. The van der Waals surface area contributed by atoms with Crippen LogP contribution in [0.4, 0.5) is 0 Å². The van der Waals surface area contributed by atoms with E-state index in [0.717, 1.165) is 0 Å². The molecule has 0 radical (unpaired) electrons. The second-order valence-corrected chi connectivity index (χ2v) is 5.76. The van der Waals surface area contributed by atoms with Gasteiger partial charge in [0.1, 0.15) is 0 Å². The first-order valence-electron chi connectivity index (χ1n) is 6.33. The second-order valence-electron chi connectivity index (χ2n) is 4.90. The quantitative estimate of drug-likeness (QED) is 0.688. The number of hydrogen-bond donors (Lipinski definition) is 0. The van der Waals surface area contributed by atoms with Gasteiger partial charge in [-0.05, 0) is 60.4 Å². The van der Waals surface area contributed by atoms with E-state index in [1.54, 1.807) is 16.7 Å². The molecule has 0 aromatic heterocycles. The van der Waals surface area contributed by atoms with Crippen molar-refractivity contribution in [2.24, 2.45) is 0 Å². The Labute approximate surface area is 106 Å². The topological polar surface area (TPSA) is 0 Å². The Morgan fingerprint density at radius 1 is 1.31 bits per heavy atom. The first kappa shape index (κ1) is 10.6. The SMILES string of the molecule is CCC1C=Cc2c3c(cc(Br)c21)CCCC3. The Bertz CT molecular complexity index is 457. The second kappa shape index (κ2) is 4.03. The minimum Gasteiger partial charge on any atom is -0.0763 e. The van der Waals surface area contributed by atoms with Crippen molar-refractivity contribution in [3.8, 4) is 0 Å². The van der Waals surface area contributed by atoms with E-state index >= 15 is 0 Å². The highest BCUT2D eigenvalue weighted by Gasteiger charge is 2.24. The molecule has 1 atom stereocenters. The third-order valence-corrected chi connectivity index (χ3v) is 4.65. The van der Waals surface area contributed by atoms with Crippen molar-refractivity contribution in [3.63, 3.8) is 0 Å². The summed E-state index contributed by atoms with van der Waals surface area (Å²) in [5, 5.41) is 0. The Kier molecular flexibility index (Phi) is 2.67. The highest BCUT2D eigenvalue weighted by Crippen LogP contribution is 2.42. The van der Waals surface area contributed by atoms with E-state index in [1.165, 1.54) is 42.1 Å². The van der Waals surface area contributed by atoms with Crippen LogP contribution in [0.1, 0.15) is 54.4 Å². The summed E-state index contributed by atoms with van der Waals surface area (Å²) < 4.78 is 1.33. The third kappa shape index (κ3) is 1.48. The van der Waals surface area contributed by atoms with Crippen LogP contribution in [0.5, 0.6) is 0 Å². The number of halogens is 1. The van der Waals surface area contributed by atoms with Gasteiger partial charge in [0.05, 0.1) is 0 Å². The molecule has 2 aliphatic rings. The molecule has 0 saturated carbocycles. The summed E-state index contributed by atoms with van der Waals surface area (Å²) in [5.41, 5.74) is 6.30. The van der Waals surface area contributed by atoms with Gasteiger partial charge in [0.2, 0.25) is 0 Å². The maximum Gasteiger partial charge on any atom is 0.0222 e. The fourth-order valence-corrected chi connectivity index (χ4v) is 3.92. The first-order valence-corrected chi connectivity index (χ1v) is 7.13. The number of fused-ring (bicyclic) bond motifs is 3. The standard InChI is InChI=1S/C15H17Br/c1-2-10-7-8-13-12-6-4-3-5-11(12)9-14(16)15(10)13/h7-10H,2-6H2,1H3.